The molecule has 5 heteroatoms. The van der Waals surface area contributed by atoms with Crippen molar-refractivity contribution in [2.45, 2.75) is 52.9 Å². The number of hydrogen-bond donors (Lipinski definition) is 2. The first-order valence-corrected chi connectivity index (χ1v) is 6.89. The zero-order chi connectivity index (χ0) is 14.3. The van der Waals surface area contributed by atoms with Gasteiger partial charge in [-0.2, -0.15) is 5.10 Å². The summed E-state index contributed by atoms with van der Waals surface area (Å²) >= 11 is 0. The van der Waals surface area contributed by atoms with Gasteiger partial charge in [0, 0.05) is 0 Å². The van der Waals surface area contributed by atoms with Gasteiger partial charge in [-0.25, -0.2) is 0 Å². The molecule has 0 atom stereocenters. The molecule has 5 nitrogen and oxygen atoms in total. The van der Waals surface area contributed by atoms with Crippen LogP contribution >= 0.6 is 0 Å². The molecule has 1 aromatic heterocycles. The van der Waals surface area contributed by atoms with Gasteiger partial charge in [0.15, 0.2) is 0 Å². The summed E-state index contributed by atoms with van der Waals surface area (Å²) in [5, 5.41) is 15.6. The van der Waals surface area contributed by atoms with E-state index < -0.39 is 0 Å². The van der Waals surface area contributed by atoms with Crippen molar-refractivity contribution in [3.05, 3.63) is 16.8 Å². The van der Waals surface area contributed by atoms with E-state index in [4.69, 9.17) is 15.9 Å². The Hall–Kier alpha value is -1.65. The quantitative estimate of drug-likeness (QED) is 0.429. The van der Waals surface area contributed by atoms with Crippen molar-refractivity contribution < 1.29 is 4.74 Å². The van der Waals surface area contributed by atoms with E-state index in [2.05, 4.69) is 17.1 Å². The van der Waals surface area contributed by atoms with E-state index in [1.165, 1.54) is 19.3 Å². The smallest absolute Gasteiger partial charge is 0.244 e. The highest BCUT2D eigenvalue weighted by atomic mass is 16.5. The first kappa shape index (κ1) is 15.4. The van der Waals surface area contributed by atoms with Crippen molar-refractivity contribution in [2.75, 3.05) is 6.61 Å². The van der Waals surface area contributed by atoms with Gasteiger partial charge in [-0.05, 0) is 25.8 Å². The second-order valence-corrected chi connectivity index (χ2v) is 4.77. The van der Waals surface area contributed by atoms with Gasteiger partial charge in [-0.15, -0.1) is 5.10 Å². The predicted octanol–water partition coefficient (Wildman–Crippen LogP) is 2.73. The van der Waals surface area contributed by atoms with E-state index in [0.29, 0.717) is 18.1 Å². The summed E-state index contributed by atoms with van der Waals surface area (Å²) < 4.78 is 5.62. The highest BCUT2D eigenvalue weighted by molar-refractivity contribution is 5.98. The molecule has 0 aliphatic heterocycles. The summed E-state index contributed by atoms with van der Waals surface area (Å²) in [5.41, 5.74) is 7.80. The topological polar surface area (TPSA) is 84.9 Å². The number of rotatable bonds is 8. The molecule has 1 rings (SSSR count). The summed E-state index contributed by atoms with van der Waals surface area (Å²) in [6.45, 7) is 6.53. The number of hydrogen-bond acceptors (Lipinski definition) is 4. The Bertz CT molecular complexity index is 432. The molecule has 1 heterocycles. The summed E-state index contributed by atoms with van der Waals surface area (Å²) in [5.74, 6) is 0.363. The number of nitrogen functional groups attached to an aromatic ring is 1. The summed E-state index contributed by atoms with van der Waals surface area (Å²) in [6.07, 6.45) is 5.88. The van der Waals surface area contributed by atoms with Gasteiger partial charge < -0.3 is 10.5 Å². The molecule has 0 aliphatic carbocycles. The third-order valence-electron chi connectivity index (χ3n) is 3.18. The third kappa shape index (κ3) is 4.50. The monoisotopic (exact) mass is 264 g/mol. The van der Waals surface area contributed by atoms with Crippen LogP contribution in [0.5, 0.6) is 5.88 Å². The van der Waals surface area contributed by atoms with Crippen LogP contribution in [-0.4, -0.2) is 22.6 Å². The minimum atomic E-state index is -0.0171. The maximum atomic E-state index is 7.62. The molecular weight excluding hydrogens is 240 g/mol. The molecule has 0 saturated heterocycles. The molecule has 1 aromatic rings. The summed E-state index contributed by atoms with van der Waals surface area (Å²) in [4.78, 5) is 0. The zero-order valence-electron chi connectivity index (χ0n) is 12.1. The molecule has 106 valence electrons. The average molecular weight is 264 g/mol. The average Bonchev–Trinajstić information content (AvgIpc) is 2.37. The number of amidine groups is 1. The van der Waals surface area contributed by atoms with Gasteiger partial charge in [0.25, 0.3) is 0 Å². The fourth-order valence-corrected chi connectivity index (χ4v) is 1.88. The van der Waals surface area contributed by atoms with Crippen LogP contribution in [-0.2, 0) is 0 Å². The molecule has 0 amide bonds. The normalized spacial score (nSPS) is 10.5. The van der Waals surface area contributed by atoms with Gasteiger partial charge in [-0.3, -0.25) is 5.41 Å². The number of unbranched alkanes of at least 4 members (excludes halogenated alkanes) is 4. The number of aromatic nitrogens is 2. The highest BCUT2D eigenvalue weighted by Crippen LogP contribution is 2.20. The SMILES string of the molecule is CCCCCCCOc1nnc(C)c(C)c1C(=N)N. The highest BCUT2D eigenvalue weighted by Gasteiger charge is 2.14. The molecular formula is C14H24N4O. The zero-order valence-corrected chi connectivity index (χ0v) is 12.1. The third-order valence-corrected chi connectivity index (χ3v) is 3.18. The number of nitrogens with one attached hydrogen (secondary N) is 1. The molecule has 0 aliphatic rings. The fourth-order valence-electron chi connectivity index (χ4n) is 1.88. The Kier molecular flexibility index (Phi) is 6.25. The number of ether oxygens (including phenoxy) is 1. The van der Waals surface area contributed by atoms with Crippen LogP contribution in [0.25, 0.3) is 0 Å². The molecule has 3 N–H and O–H groups in total. The van der Waals surface area contributed by atoms with Crippen molar-refractivity contribution in [3.8, 4) is 5.88 Å². The first-order valence-electron chi connectivity index (χ1n) is 6.89. The summed E-state index contributed by atoms with van der Waals surface area (Å²) in [6, 6.07) is 0. The molecule has 0 spiro atoms. The van der Waals surface area contributed by atoms with E-state index in [0.717, 1.165) is 24.1 Å². The van der Waals surface area contributed by atoms with Crippen LogP contribution < -0.4 is 10.5 Å². The predicted molar refractivity (Wildman–Crippen MR) is 76.8 cm³/mol. The van der Waals surface area contributed by atoms with Crippen molar-refractivity contribution in [3.63, 3.8) is 0 Å². The van der Waals surface area contributed by atoms with E-state index >= 15 is 0 Å². The van der Waals surface area contributed by atoms with Crippen molar-refractivity contribution in [1.82, 2.24) is 10.2 Å². The Morgan fingerprint density at radius 3 is 2.47 bits per heavy atom. The lowest BCUT2D eigenvalue weighted by Gasteiger charge is -2.12. The van der Waals surface area contributed by atoms with Gasteiger partial charge in [0.1, 0.15) is 5.84 Å². The maximum absolute atomic E-state index is 7.62. The minimum Gasteiger partial charge on any atom is -0.476 e. The number of nitrogens with two attached hydrogens (primary N) is 1. The number of aryl methyl sites for hydroxylation is 1. The van der Waals surface area contributed by atoms with Crippen molar-refractivity contribution in [2.24, 2.45) is 5.73 Å². The molecule has 0 saturated carbocycles. The van der Waals surface area contributed by atoms with Crippen LogP contribution in [0, 0.1) is 19.3 Å². The van der Waals surface area contributed by atoms with Crippen LogP contribution in [0.15, 0.2) is 0 Å². The van der Waals surface area contributed by atoms with Crippen LogP contribution in [0.3, 0.4) is 0 Å². The van der Waals surface area contributed by atoms with Gasteiger partial charge >= 0.3 is 0 Å². The lowest BCUT2D eigenvalue weighted by molar-refractivity contribution is 0.289. The molecule has 0 aromatic carbocycles. The van der Waals surface area contributed by atoms with Gasteiger partial charge in [0.2, 0.25) is 5.88 Å². The Morgan fingerprint density at radius 2 is 1.84 bits per heavy atom. The molecule has 0 bridgehead atoms. The van der Waals surface area contributed by atoms with E-state index in [1.807, 2.05) is 13.8 Å². The van der Waals surface area contributed by atoms with Gasteiger partial charge in [0.05, 0.1) is 17.9 Å². The van der Waals surface area contributed by atoms with E-state index in [9.17, 15) is 0 Å². The Labute approximate surface area is 115 Å². The second kappa shape index (κ2) is 7.71. The summed E-state index contributed by atoms with van der Waals surface area (Å²) in [7, 11) is 0. The fraction of sp³-hybridized carbons (Fsp3) is 0.643. The Balaban J connectivity index is 2.58. The maximum Gasteiger partial charge on any atom is 0.244 e. The van der Waals surface area contributed by atoms with Crippen molar-refractivity contribution >= 4 is 5.84 Å². The molecule has 0 fully saturated rings. The molecule has 0 unspecified atom stereocenters. The lowest BCUT2D eigenvalue weighted by atomic mass is 10.1. The standard InChI is InChI=1S/C14H24N4O/c1-4-5-6-7-8-9-19-14-12(13(15)16)10(2)11(3)17-18-14/h4-9H2,1-3H3,(H3,15,16). The lowest BCUT2D eigenvalue weighted by Crippen LogP contribution is -2.18. The van der Waals surface area contributed by atoms with Crippen LogP contribution in [0.2, 0.25) is 0 Å². The van der Waals surface area contributed by atoms with Gasteiger partial charge in [-0.1, -0.05) is 32.6 Å². The van der Waals surface area contributed by atoms with Crippen molar-refractivity contribution in [1.29, 1.82) is 5.41 Å². The second-order valence-electron chi connectivity index (χ2n) is 4.77. The minimum absolute atomic E-state index is 0.0171. The van der Waals surface area contributed by atoms with Crippen LogP contribution in [0.4, 0.5) is 0 Å². The first-order chi connectivity index (χ1) is 9.07. The van der Waals surface area contributed by atoms with E-state index in [1.54, 1.807) is 0 Å². The van der Waals surface area contributed by atoms with E-state index in [-0.39, 0.29) is 5.84 Å². The largest absolute Gasteiger partial charge is 0.476 e. The Morgan fingerprint density at radius 1 is 1.16 bits per heavy atom. The van der Waals surface area contributed by atoms with Crippen LogP contribution in [0.1, 0.15) is 55.8 Å². The molecule has 0 radical (unpaired) electrons. The molecule has 19 heavy (non-hydrogen) atoms. The number of nitrogens with zero attached hydrogens (tertiary/aromatic N) is 2.